The predicted molar refractivity (Wildman–Crippen MR) is 144 cm³/mol. The van der Waals surface area contributed by atoms with Gasteiger partial charge in [0.2, 0.25) is 5.95 Å². The third kappa shape index (κ3) is 5.46. The topological polar surface area (TPSA) is 118 Å². The van der Waals surface area contributed by atoms with E-state index in [1.54, 1.807) is 4.90 Å². The molecule has 1 aromatic carbocycles. The number of carbonyl (C=O) groups is 1. The average molecular weight is 571 g/mol. The Morgan fingerprint density at radius 1 is 0.976 bits per heavy atom. The third-order valence-electron chi connectivity index (χ3n) is 8.22. The number of carbonyl (C=O) groups excluding carboxylic acids is 1. The molecule has 0 radical (unpaired) electrons. The van der Waals surface area contributed by atoms with E-state index in [2.05, 4.69) is 25.0 Å². The Kier molecular flexibility index (Phi) is 7.30. The van der Waals surface area contributed by atoms with E-state index in [1.165, 1.54) is 12.4 Å². The maximum absolute atomic E-state index is 14.4. The van der Waals surface area contributed by atoms with Crippen LogP contribution in [0.4, 0.5) is 25.1 Å². The van der Waals surface area contributed by atoms with Crippen molar-refractivity contribution in [1.29, 1.82) is 0 Å². The first-order valence-electron chi connectivity index (χ1n) is 14.1. The Bertz CT molecular complexity index is 1410. The smallest absolute Gasteiger partial charge is 0.324 e. The summed E-state index contributed by atoms with van der Waals surface area (Å²) in [5.74, 6) is -2.64. The van der Waals surface area contributed by atoms with Gasteiger partial charge in [0.25, 0.3) is 5.91 Å². The lowest BCUT2D eigenvalue weighted by Crippen LogP contribution is -2.48. The lowest BCUT2D eigenvalue weighted by molar-refractivity contribution is 0.0628. The van der Waals surface area contributed by atoms with E-state index >= 15 is 0 Å². The minimum Gasteiger partial charge on any atom is -0.339 e. The van der Waals surface area contributed by atoms with Crippen LogP contribution < -0.4 is 15.5 Å². The van der Waals surface area contributed by atoms with Gasteiger partial charge in [0.15, 0.2) is 17.5 Å². The molecule has 2 aromatic heterocycles. The molecule has 0 unspecified atom stereocenters. The molecule has 3 aliphatic rings. The number of nitrogens with two attached hydrogens (primary N) is 1. The number of halogens is 3. The first kappa shape index (κ1) is 27.4. The molecule has 41 heavy (non-hydrogen) atoms. The van der Waals surface area contributed by atoms with Crippen LogP contribution in [0, 0.1) is 17.5 Å². The highest BCUT2D eigenvalue weighted by Crippen LogP contribution is 2.35. The Morgan fingerprint density at radius 3 is 2.27 bits per heavy atom. The fraction of sp³-hybridized carbons (Fsp3) is 0.536. The normalized spacial score (nSPS) is 21.6. The van der Waals surface area contributed by atoms with E-state index in [0.717, 1.165) is 31.7 Å². The number of amides is 1. The zero-order valence-electron chi connectivity index (χ0n) is 23.0. The van der Waals surface area contributed by atoms with Gasteiger partial charge in [-0.2, -0.15) is 4.98 Å². The van der Waals surface area contributed by atoms with Gasteiger partial charge in [-0.3, -0.25) is 4.79 Å². The molecule has 2 N–H and O–H groups in total. The number of hydrogen-bond acceptors (Lipinski definition) is 9. The molecule has 3 aromatic rings. The molecular formula is C28H33F3N8O2. The van der Waals surface area contributed by atoms with Gasteiger partial charge in [-0.1, -0.05) is 19.0 Å². The van der Waals surface area contributed by atoms with Crippen molar-refractivity contribution in [2.75, 3.05) is 36.0 Å². The van der Waals surface area contributed by atoms with Crippen LogP contribution in [-0.4, -0.2) is 75.2 Å². The van der Waals surface area contributed by atoms with Crippen LogP contribution >= 0.6 is 0 Å². The zero-order valence-corrected chi connectivity index (χ0v) is 23.0. The molecule has 10 nitrogen and oxygen atoms in total. The molecule has 13 heteroatoms. The lowest BCUT2D eigenvalue weighted by atomic mass is 9.94. The van der Waals surface area contributed by atoms with Gasteiger partial charge in [-0.25, -0.2) is 23.1 Å². The van der Waals surface area contributed by atoms with E-state index in [4.69, 9.17) is 10.3 Å². The van der Waals surface area contributed by atoms with Crippen molar-refractivity contribution in [3.05, 3.63) is 58.9 Å². The standard InChI is InChI=1S/C28H33F3N8O2/c1-15(2)25-35-28(41-36-25)37-7-5-18(6-8-37)39(17-3-4-17)26(40)16-11-33-27(34-12-16)38-13-20(24(32)14-38)19-9-22(30)23(31)10-21(19)29/h9-12,15,17-18,20,24H,3-8,13-14,32H2,1-2H3/t20-,24+/m1/s1. The second-order valence-electron chi connectivity index (χ2n) is 11.5. The highest BCUT2D eigenvalue weighted by molar-refractivity contribution is 5.94. The molecule has 1 saturated carbocycles. The van der Waals surface area contributed by atoms with Crippen LogP contribution in [0.1, 0.15) is 73.1 Å². The zero-order chi connectivity index (χ0) is 28.8. The number of rotatable bonds is 7. The van der Waals surface area contributed by atoms with Crippen molar-refractivity contribution in [2.24, 2.45) is 5.73 Å². The largest absolute Gasteiger partial charge is 0.339 e. The quantitative estimate of drug-likeness (QED) is 0.425. The molecule has 6 rings (SSSR count). The summed E-state index contributed by atoms with van der Waals surface area (Å²) in [7, 11) is 0. The van der Waals surface area contributed by atoms with Crippen LogP contribution in [0.25, 0.3) is 0 Å². The molecule has 0 spiro atoms. The molecule has 1 amide bonds. The summed E-state index contributed by atoms with van der Waals surface area (Å²) >= 11 is 0. The second-order valence-corrected chi connectivity index (χ2v) is 11.5. The molecule has 4 heterocycles. The Morgan fingerprint density at radius 2 is 1.63 bits per heavy atom. The van der Waals surface area contributed by atoms with E-state index in [9.17, 15) is 18.0 Å². The van der Waals surface area contributed by atoms with Crippen molar-refractivity contribution in [2.45, 2.75) is 69.5 Å². The summed E-state index contributed by atoms with van der Waals surface area (Å²) in [4.78, 5) is 32.8. The Hall–Kier alpha value is -3.74. The van der Waals surface area contributed by atoms with Crippen molar-refractivity contribution < 1.29 is 22.5 Å². The van der Waals surface area contributed by atoms with Crippen molar-refractivity contribution in [3.63, 3.8) is 0 Å². The van der Waals surface area contributed by atoms with Gasteiger partial charge >= 0.3 is 6.01 Å². The first-order valence-corrected chi connectivity index (χ1v) is 14.1. The minimum atomic E-state index is -1.24. The lowest BCUT2D eigenvalue weighted by Gasteiger charge is -2.38. The molecule has 0 bridgehead atoms. The van der Waals surface area contributed by atoms with Gasteiger partial charge in [0, 0.05) is 74.6 Å². The molecule has 2 atom stereocenters. The summed E-state index contributed by atoms with van der Waals surface area (Å²) < 4.78 is 47.1. The highest BCUT2D eigenvalue weighted by Gasteiger charge is 2.40. The number of piperidine rings is 1. The fourth-order valence-corrected chi connectivity index (χ4v) is 5.79. The monoisotopic (exact) mass is 570 g/mol. The SMILES string of the molecule is CC(C)c1noc(N2CCC(N(C(=O)c3cnc(N4C[C@H](c5cc(F)c(F)cc5F)[C@@H](N)C4)nc3)C3CC3)CC2)n1. The fourth-order valence-electron chi connectivity index (χ4n) is 5.79. The third-order valence-corrected chi connectivity index (χ3v) is 8.22. The maximum atomic E-state index is 14.4. The van der Waals surface area contributed by atoms with Gasteiger partial charge < -0.3 is 25.0 Å². The van der Waals surface area contributed by atoms with E-state index in [-0.39, 0.29) is 36.0 Å². The van der Waals surface area contributed by atoms with Gasteiger partial charge in [-0.05, 0) is 37.3 Å². The van der Waals surface area contributed by atoms with Crippen LogP contribution in [0.3, 0.4) is 0 Å². The molecule has 2 saturated heterocycles. The number of anilines is 2. The molecule has 3 fully saturated rings. The maximum Gasteiger partial charge on any atom is 0.324 e. The summed E-state index contributed by atoms with van der Waals surface area (Å²) in [6.45, 7) is 6.01. The number of hydrogen-bond donors (Lipinski definition) is 1. The van der Waals surface area contributed by atoms with E-state index < -0.39 is 29.4 Å². The van der Waals surface area contributed by atoms with Gasteiger partial charge in [-0.15, -0.1) is 0 Å². The molecule has 218 valence electrons. The van der Waals surface area contributed by atoms with Gasteiger partial charge in [0.1, 0.15) is 5.82 Å². The highest BCUT2D eigenvalue weighted by atomic mass is 19.2. The molecule has 1 aliphatic carbocycles. The van der Waals surface area contributed by atoms with E-state index in [0.29, 0.717) is 49.1 Å². The van der Waals surface area contributed by atoms with Crippen LogP contribution in [-0.2, 0) is 0 Å². The summed E-state index contributed by atoms with van der Waals surface area (Å²) in [5, 5.41) is 4.06. The second kappa shape index (κ2) is 10.9. The van der Waals surface area contributed by atoms with Gasteiger partial charge in [0.05, 0.1) is 5.56 Å². The van der Waals surface area contributed by atoms with Crippen LogP contribution in [0.2, 0.25) is 0 Å². The molecule has 2 aliphatic heterocycles. The average Bonchev–Trinajstić information content (AvgIpc) is 3.52. The number of benzene rings is 1. The summed E-state index contributed by atoms with van der Waals surface area (Å²) in [6.07, 6.45) is 6.54. The number of aromatic nitrogens is 4. The number of nitrogens with zero attached hydrogens (tertiary/aromatic N) is 7. The predicted octanol–water partition coefficient (Wildman–Crippen LogP) is 3.61. The Balaban J connectivity index is 1.11. The van der Waals surface area contributed by atoms with Crippen molar-refractivity contribution in [3.8, 4) is 0 Å². The summed E-state index contributed by atoms with van der Waals surface area (Å²) in [6, 6.07) is 1.69. The summed E-state index contributed by atoms with van der Waals surface area (Å²) in [5.41, 5.74) is 6.66. The molecular weight excluding hydrogens is 537 g/mol. The van der Waals surface area contributed by atoms with Crippen molar-refractivity contribution in [1.82, 2.24) is 25.0 Å². The van der Waals surface area contributed by atoms with Crippen LogP contribution in [0.5, 0.6) is 0 Å². The first-order chi connectivity index (χ1) is 19.7. The van der Waals surface area contributed by atoms with E-state index in [1.807, 2.05) is 18.7 Å². The Labute approximate surface area is 235 Å². The minimum absolute atomic E-state index is 0.0243. The van der Waals surface area contributed by atoms with Crippen molar-refractivity contribution >= 4 is 17.9 Å². The van der Waals surface area contributed by atoms with Crippen LogP contribution in [0.15, 0.2) is 29.0 Å².